The van der Waals surface area contributed by atoms with E-state index < -0.39 is 0 Å². The first-order chi connectivity index (χ1) is 14.6. The van der Waals surface area contributed by atoms with E-state index in [0.29, 0.717) is 0 Å². The van der Waals surface area contributed by atoms with Crippen LogP contribution in [-0.4, -0.2) is 25.6 Å². The number of hydrogen-bond acceptors (Lipinski definition) is 2. The number of nitrogens with one attached hydrogen (secondary N) is 1. The Hall–Kier alpha value is -3.18. The number of thiocarbonyl (C=S) groups is 1. The van der Waals surface area contributed by atoms with Gasteiger partial charge in [-0.1, -0.05) is 36.4 Å². The predicted molar refractivity (Wildman–Crippen MR) is 126 cm³/mol. The van der Waals surface area contributed by atoms with Gasteiger partial charge in [0.1, 0.15) is 0 Å². The second kappa shape index (κ2) is 7.58. The van der Waals surface area contributed by atoms with E-state index in [2.05, 4.69) is 100 Å². The van der Waals surface area contributed by atoms with Gasteiger partial charge in [-0.15, -0.1) is 0 Å². The molecule has 5 heteroatoms. The van der Waals surface area contributed by atoms with E-state index in [4.69, 9.17) is 12.2 Å². The summed E-state index contributed by atoms with van der Waals surface area (Å²) in [4.78, 5) is 6.93. The van der Waals surface area contributed by atoms with Crippen LogP contribution in [0.1, 0.15) is 37.3 Å². The Balaban J connectivity index is 1.64. The van der Waals surface area contributed by atoms with Crippen molar-refractivity contribution in [1.29, 1.82) is 0 Å². The van der Waals surface area contributed by atoms with Crippen LogP contribution in [0.3, 0.4) is 0 Å². The average molecular weight is 413 g/mol. The molecule has 4 aromatic rings. The van der Waals surface area contributed by atoms with E-state index >= 15 is 0 Å². The fraction of sp³-hybridized carbons (Fsp3) is 0.200. The third-order valence-corrected chi connectivity index (χ3v) is 6.11. The van der Waals surface area contributed by atoms with E-state index in [0.717, 1.165) is 16.5 Å². The van der Waals surface area contributed by atoms with E-state index in [1.54, 1.807) is 0 Å². The maximum Gasteiger partial charge on any atom is 0.170 e. The number of benzene rings is 2. The smallest absolute Gasteiger partial charge is 0.170 e. The third-order valence-electron chi connectivity index (χ3n) is 5.79. The molecule has 0 bridgehead atoms. The Morgan fingerprint density at radius 1 is 0.933 bits per heavy atom. The normalized spacial score (nSPS) is 18.9. The van der Waals surface area contributed by atoms with Crippen LogP contribution in [0.25, 0.3) is 16.5 Å². The topological polar surface area (TPSA) is 33.1 Å². The highest BCUT2D eigenvalue weighted by Gasteiger charge is 2.42. The summed E-state index contributed by atoms with van der Waals surface area (Å²) in [6, 6.07) is 25.7. The Labute approximate surface area is 182 Å². The van der Waals surface area contributed by atoms with Crippen LogP contribution < -0.4 is 5.32 Å². The second-order valence-electron chi connectivity index (χ2n) is 7.96. The van der Waals surface area contributed by atoms with Crippen molar-refractivity contribution in [2.24, 2.45) is 0 Å². The van der Waals surface area contributed by atoms with Gasteiger partial charge in [0.15, 0.2) is 5.11 Å². The predicted octanol–water partition coefficient (Wildman–Crippen LogP) is 5.41. The van der Waals surface area contributed by atoms with Gasteiger partial charge in [0.05, 0.1) is 17.8 Å². The molecule has 0 amide bonds. The van der Waals surface area contributed by atoms with Crippen molar-refractivity contribution in [2.45, 2.75) is 32.0 Å². The molecule has 1 aliphatic heterocycles. The van der Waals surface area contributed by atoms with Crippen LogP contribution in [0.15, 0.2) is 85.2 Å². The number of fused-ring (bicyclic) bond motifs is 1. The summed E-state index contributed by atoms with van der Waals surface area (Å²) in [7, 11) is 0. The quantitative estimate of drug-likeness (QED) is 0.455. The minimum absolute atomic E-state index is 0.00444. The van der Waals surface area contributed by atoms with Gasteiger partial charge in [0, 0.05) is 29.8 Å². The molecule has 1 saturated heterocycles. The summed E-state index contributed by atoms with van der Waals surface area (Å²) < 4.78 is 2.28. The Morgan fingerprint density at radius 2 is 1.73 bits per heavy atom. The SMILES string of the molecule is CC(C)N1C(=S)N[C@H](c2ccccn2)[C@H]1c1cccn1-c1ccc2ccccc2c1. The van der Waals surface area contributed by atoms with E-state index in [1.165, 1.54) is 16.5 Å². The molecule has 2 aromatic carbocycles. The minimum atomic E-state index is -0.00444. The molecule has 30 heavy (non-hydrogen) atoms. The number of rotatable bonds is 4. The van der Waals surface area contributed by atoms with Crippen molar-refractivity contribution < 1.29 is 0 Å². The molecule has 2 atom stereocenters. The average Bonchev–Trinajstić information content (AvgIpc) is 3.38. The van der Waals surface area contributed by atoms with Crippen molar-refractivity contribution in [3.63, 3.8) is 0 Å². The highest BCUT2D eigenvalue weighted by molar-refractivity contribution is 7.80. The van der Waals surface area contributed by atoms with Gasteiger partial charge in [0.25, 0.3) is 0 Å². The molecule has 1 fully saturated rings. The van der Waals surface area contributed by atoms with Crippen molar-refractivity contribution in [3.8, 4) is 5.69 Å². The number of pyridine rings is 1. The summed E-state index contributed by atoms with van der Waals surface area (Å²) in [5.41, 5.74) is 3.34. The zero-order chi connectivity index (χ0) is 20.7. The first-order valence-electron chi connectivity index (χ1n) is 10.3. The van der Waals surface area contributed by atoms with Gasteiger partial charge in [-0.05, 0) is 73.2 Å². The van der Waals surface area contributed by atoms with Crippen molar-refractivity contribution >= 4 is 28.1 Å². The zero-order valence-electron chi connectivity index (χ0n) is 17.1. The minimum Gasteiger partial charge on any atom is -0.352 e. The van der Waals surface area contributed by atoms with Crippen LogP contribution in [0.4, 0.5) is 0 Å². The maximum atomic E-state index is 5.75. The lowest BCUT2D eigenvalue weighted by atomic mass is 10.00. The summed E-state index contributed by atoms with van der Waals surface area (Å²) in [6.07, 6.45) is 3.98. The van der Waals surface area contributed by atoms with Crippen LogP contribution in [0, 0.1) is 0 Å². The highest BCUT2D eigenvalue weighted by Crippen LogP contribution is 2.40. The summed E-state index contributed by atoms with van der Waals surface area (Å²) in [6.45, 7) is 4.37. The van der Waals surface area contributed by atoms with Gasteiger partial charge in [-0.3, -0.25) is 4.98 Å². The molecule has 0 saturated carbocycles. The fourth-order valence-electron chi connectivity index (χ4n) is 4.43. The van der Waals surface area contributed by atoms with Crippen molar-refractivity contribution in [2.75, 3.05) is 0 Å². The molecule has 1 aliphatic rings. The maximum absolute atomic E-state index is 5.75. The molecule has 0 unspecified atom stereocenters. The molecular formula is C25H24N4S. The molecule has 0 radical (unpaired) electrons. The lowest BCUT2D eigenvalue weighted by Gasteiger charge is -2.31. The third kappa shape index (κ3) is 3.15. The standard InChI is InChI=1S/C25H24N4S/c1-17(2)29-24(23(27-25(29)30)21-10-5-6-14-26-21)22-11-7-15-28(22)20-13-12-18-8-3-4-9-19(18)16-20/h3-17,23-24H,1-2H3,(H,27,30)/t23-,24-/m1/s1. The van der Waals surface area contributed by atoms with Gasteiger partial charge < -0.3 is 14.8 Å². The molecule has 0 spiro atoms. The molecule has 1 N–H and O–H groups in total. The number of aromatic nitrogens is 2. The number of nitrogens with zero attached hydrogens (tertiary/aromatic N) is 3. The van der Waals surface area contributed by atoms with E-state index in [-0.39, 0.29) is 18.1 Å². The Morgan fingerprint density at radius 3 is 2.50 bits per heavy atom. The fourth-order valence-corrected chi connectivity index (χ4v) is 4.89. The van der Waals surface area contributed by atoms with Crippen LogP contribution in [0.2, 0.25) is 0 Å². The molecular weight excluding hydrogens is 388 g/mol. The van der Waals surface area contributed by atoms with E-state index in [1.807, 2.05) is 18.3 Å². The molecule has 5 rings (SSSR count). The molecule has 3 heterocycles. The molecule has 150 valence electrons. The summed E-state index contributed by atoms with van der Waals surface area (Å²) in [5.74, 6) is 0. The lowest BCUT2D eigenvalue weighted by molar-refractivity contribution is 0.262. The second-order valence-corrected chi connectivity index (χ2v) is 8.35. The van der Waals surface area contributed by atoms with Crippen LogP contribution in [0.5, 0.6) is 0 Å². The first-order valence-corrected chi connectivity index (χ1v) is 10.7. The summed E-state index contributed by atoms with van der Waals surface area (Å²) >= 11 is 5.75. The van der Waals surface area contributed by atoms with Crippen LogP contribution in [-0.2, 0) is 0 Å². The van der Waals surface area contributed by atoms with Gasteiger partial charge in [-0.2, -0.15) is 0 Å². The van der Waals surface area contributed by atoms with Gasteiger partial charge >= 0.3 is 0 Å². The molecule has 2 aromatic heterocycles. The zero-order valence-corrected chi connectivity index (χ0v) is 17.9. The summed E-state index contributed by atoms with van der Waals surface area (Å²) in [5, 5.41) is 6.78. The monoisotopic (exact) mass is 412 g/mol. The first kappa shape index (κ1) is 18.8. The van der Waals surface area contributed by atoms with Gasteiger partial charge in [-0.25, -0.2) is 0 Å². The van der Waals surface area contributed by atoms with Crippen LogP contribution >= 0.6 is 12.2 Å². The number of hydrogen-bond donors (Lipinski definition) is 1. The Kier molecular flexibility index (Phi) is 4.75. The van der Waals surface area contributed by atoms with Gasteiger partial charge in [0.2, 0.25) is 0 Å². The van der Waals surface area contributed by atoms with Crippen molar-refractivity contribution in [1.82, 2.24) is 19.8 Å². The van der Waals surface area contributed by atoms with E-state index in [9.17, 15) is 0 Å². The largest absolute Gasteiger partial charge is 0.352 e. The lowest BCUT2D eigenvalue weighted by Crippen LogP contribution is -2.36. The Bertz CT molecular complexity index is 1200. The molecule has 0 aliphatic carbocycles. The van der Waals surface area contributed by atoms with Crippen molar-refractivity contribution in [3.05, 3.63) is 96.6 Å². The highest BCUT2D eigenvalue weighted by atomic mass is 32.1. The molecule has 4 nitrogen and oxygen atoms in total.